The van der Waals surface area contributed by atoms with Crippen molar-refractivity contribution in [2.45, 2.75) is 39.7 Å². The molecular weight excluding hydrogens is 295 g/mol. The summed E-state index contributed by atoms with van der Waals surface area (Å²) in [5.74, 6) is -1.05. The van der Waals surface area contributed by atoms with Crippen LogP contribution < -0.4 is 0 Å². The van der Waals surface area contributed by atoms with Gasteiger partial charge < -0.3 is 4.74 Å². The standard InChI is InChI=1S/C10H17IO3/c1-5-8(12)7(6-11)9(13)14-10(2,3)4/h7H,5-6H2,1-4H3. The number of hydrogen-bond donors (Lipinski definition) is 0. The molecule has 0 heterocycles. The minimum Gasteiger partial charge on any atom is -0.459 e. The second kappa shape index (κ2) is 5.68. The van der Waals surface area contributed by atoms with Crippen molar-refractivity contribution in [3.63, 3.8) is 0 Å². The molecule has 0 spiro atoms. The monoisotopic (exact) mass is 312 g/mol. The Kier molecular flexibility index (Phi) is 5.63. The molecule has 0 aliphatic rings. The van der Waals surface area contributed by atoms with E-state index in [9.17, 15) is 9.59 Å². The lowest BCUT2D eigenvalue weighted by Gasteiger charge is -2.22. The van der Waals surface area contributed by atoms with Gasteiger partial charge in [-0.1, -0.05) is 29.5 Å². The number of Topliss-reactive ketones (excluding diaryl/α,β-unsaturated/α-hetero) is 1. The van der Waals surface area contributed by atoms with E-state index in [2.05, 4.69) is 0 Å². The van der Waals surface area contributed by atoms with Crippen LogP contribution in [0.15, 0.2) is 0 Å². The zero-order valence-corrected chi connectivity index (χ0v) is 11.3. The number of carbonyl (C=O) groups excluding carboxylic acids is 2. The first kappa shape index (κ1) is 13.9. The second-order valence-electron chi connectivity index (χ2n) is 4.06. The first-order valence-electron chi connectivity index (χ1n) is 4.63. The van der Waals surface area contributed by atoms with Crippen LogP contribution in [0.4, 0.5) is 0 Å². The van der Waals surface area contributed by atoms with Gasteiger partial charge in [0.1, 0.15) is 17.3 Å². The largest absolute Gasteiger partial charge is 0.459 e. The molecule has 0 aromatic heterocycles. The van der Waals surface area contributed by atoms with Crippen LogP contribution in [0, 0.1) is 5.92 Å². The zero-order valence-electron chi connectivity index (χ0n) is 9.09. The normalized spacial score (nSPS) is 13.5. The minimum atomic E-state index is -0.597. The number of rotatable bonds is 4. The lowest BCUT2D eigenvalue weighted by Crippen LogP contribution is -2.33. The van der Waals surface area contributed by atoms with E-state index in [0.717, 1.165) is 0 Å². The predicted molar refractivity (Wildman–Crippen MR) is 63.5 cm³/mol. The Hall–Kier alpha value is -0.130. The van der Waals surface area contributed by atoms with Crippen LogP contribution in [-0.4, -0.2) is 21.8 Å². The third-order valence-electron chi connectivity index (χ3n) is 1.58. The van der Waals surface area contributed by atoms with Gasteiger partial charge in [0.2, 0.25) is 0 Å². The number of ether oxygens (including phenoxy) is 1. The number of alkyl halides is 1. The molecule has 0 N–H and O–H groups in total. The molecule has 0 aromatic rings. The van der Waals surface area contributed by atoms with Gasteiger partial charge in [0.25, 0.3) is 0 Å². The molecule has 0 amide bonds. The molecule has 14 heavy (non-hydrogen) atoms. The number of ketones is 1. The minimum absolute atomic E-state index is 0.0475. The van der Waals surface area contributed by atoms with E-state index in [4.69, 9.17) is 4.74 Å². The highest BCUT2D eigenvalue weighted by Crippen LogP contribution is 2.14. The fourth-order valence-corrected chi connectivity index (χ4v) is 1.75. The first-order chi connectivity index (χ1) is 6.31. The number of carbonyl (C=O) groups is 2. The van der Waals surface area contributed by atoms with Crippen LogP contribution in [0.1, 0.15) is 34.1 Å². The van der Waals surface area contributed by atoms with Crippen molar-refractivity contribution >= 4 is 34.3 Å². The smallest absolute Gasteiger partial charge is 0.317 e. The third-order valence-corrected chi connectivity index (χ3v) is 2.46. The Morgan fingerprint density at radius 1 is 1.36 bits per heavy atom. The average molecular weight is 312 g/mol. The average Bonchev–Trinajstić information content (AvgIpc) is 2.01. The van der Waals surface area contributed by atoms with Crippen LogP contribution in [0.25, 0.3) is 0 Å². The third kappa shape index (κ3) is 4.93. The SMILES string of the molecule is CCC(=O)C(CI)C(=O)OC(C)(C)C. The van der Waals surface area contributed by atoms with E-state index in [-0.39, 0.29) is 5.78 Å². The molecular formula is C10H17IO3. The van der Waals surface area contributed by atoms with Gasteiger partial charge in [-0.15, -0.1) is 0 Å². The van der Waals surface area contributed by atoms with Crippen LogP contribution >= 0.6 is 22.6 Å². The fraction of sp³-hybridized carbons (Fsp3) is 0.800. The van der Waals surface area contributed by atoms with Crippen molar-refractivity contribution in [1.29, 1.82) is 0 Å². The molecule has 0 saturated carbocycles. The molecule has 4 heteroatoms. The van der Waals surface area contributed by atoms with E-state index in [1.807, 2.05) is 22.6 Å². The zero-order chi connectivity index (χ0) is 11.4. The summed E-state index contributed by atoms with van der Waals surface area (Å²) in [5.41, 5.74) is -0.519. The molecule has 0 fully saturated rings. The van der Waals surface area contributed by atoms with Crippen LogP contribution in [-0.2, 0) is 14.3 Å². The summed E-state index contributed by atoms with van der Waals surface area (Å²) < 4.78 is 5.63. The Bertz CT molecular complexity index is 218. The Labute approximate surface area is 98.7 Å². The van der Waals surface area contributed by atoms with Crippen LogP contribution in [0.5, 0.6) is 0 Å². The molecule has 0 aliphatic carbocycles. The van der Waals surface area contributed by atoms with E-state index in [1.165, 1.54) is 0 Å². The van der Waals surface area contributed by atoms with Crippen molar-refractivity contribution in [3.8, 4) is 0 Å². The molecule has 1 unspecified atom stereocenters. The van der Waals surface area contributed by atoms with Gasteiger partial charge in [-0.2, -0.15) is 0 Å². The number of esters is 1. The molecule has 0 aromatic carbocycles. The fourth-order valence-electron chi connectivity index (χ4n) is 0.900. The summed E-state index contributed by atoms with van der Waals surface area (Å²) in [4.78, 5) is 22.9. The molecule has 1 atom stereocenters. The maximum Gasteiger partial charge on any atom is 0.317 e. The maximum atomic E-state index is 11.5. The van der Waals surface area contributed by atoms with Gasteiger partial charge in [-0.3, -0.25) is 9.59 Å². The van der Waals surface area contributed by atoms with Crippen molar-refractivity contribution in [1.82, 2.24) is 0 Å². The van der Waals surface area contributed by atoms with E-state index in [0.29, 0.717) is 10.8 Å². The van der Waals surface area contributed by atoms with Crippen LogP contribution in [0.2, 0.25) is 0 Å². The van der Waals surface area contributed by atoms with Crippen LogP contribution in [0.3, 0.4) is 0 Å². The maximum absolute atomic E-state index is 11.5. The highest BCUT2D eigenvalue weighted by atomic mass is 127. The number of halogens is 1. The molecule has 0 saturated heterocycles. The summed E-state index contributed by atoms with van der Waals surface area (Å²) in [6.07, 6.45) is 0.382. The van der Waals surface area contributed by atoms with Gasteiger partial charge in [-0.05, 0) is 20.8 Å². The van der Waals surface area contributed by atoms with Crippen molar-refractivity contribution in [2.24, 2.45) is 5.92 Å². The summed E-state index contributed by atoms with van der Waals surface area (Å²) >= 11 is 2.03. The molecule has 0 radical (unpaired) electrons. The lowest BCUT2D eigenvalue weighted by atomic mass is 10.0. The predicted octanol–water partition coefficient (Wildman–Crippen LogP) is 2.36. The Morgan fingerprint density at radius 3 is 2.14 bits per heavy atom. The highest BCUT2D eigenvalue weighted by molar-refractivity contribution is 14.1. The summed E-state index contributed by atoms with van der Waals surface area (Å²) in [5, 5.41) is 0. The van der Waals surface area contributed by atoms with E-state index >= 15 is 0 Å². The number of hydrogen-bond acceptors (Lipinski definition) is 3. The van der Waals surface area contributed by atoms with Gasteiger partial charge >= 0.3 is 5.97 Å². The summed E-state index contributed by atoms with van der Waals surface area (Å²) in [6.45, 7) is 7.15. The highest BCUT2D eigenvalue weighted by Gasteiger charge is 2.28. The molecule has 0 aliphatic heterocycles. The summed E-state index contributed by atoms with van der Waals surface area (Å²) in [7, 11) is 0. The Balaban J connectivity index is 4.40. The molecule has 0 bridgehead atoms. The van der Waals surface area contributed by atoms with Gasteiger partial charge in [0, 0.05) is 10.8 Å². The van der Waals surface area contributed by atoms with Gasteiger partial charge in [0.05, 0.1) is 0 Å². The summed E-state index contributed by atoms with van der Waals surface area (Å²) in [6, 6.07) is 0. The quantitative estimate of drug-likeness (QED) is 0.346. The van der Waals surface area contributed by atoms with E-state index in [1.54, 1.807) is 27.7 Å². The van der Waals surface area contributed by atoms with Gasteiger partial charge in [-0.25, -0.2) is 0 Å². The van der Waals surface area contributed by atoms with E-state index < -0.39 is 17.5 Å². The van der Waals surface area contributed by atoms with Gasteiger partial charge in [0.15, 0.2) is 0 Å². The topological polar surface area (TPSA) is 43.4 Å². The molecule has 3 nitrogen and oxygen atoms in total. The Morgan fingerprint density at radius 2 is 1.86 bits per heavy atom. The van der Waals surface area contributed by atoms with Crippen molar-refractivity contribution in [2.75, 3.05) is 4.43 Å². The van der Waals surface area contributed by atoms with Crippen molar-refractivity contribution in [3.05, 3.63) is 0 Å². The van der Waals surface area contributed by atoms with Crippen molar-refractivity contribution < 1.29 is 14.3 Å². The molecule has 82 valence electrons. The first-order valence-corrected chi connectivity index (χ1v) is 6.16. The second-order valence-corrected chi connectivity index (χ2v) is 4.94. The molecule has 0 rings (SSSR count). The lowest BCUT2D eigenvalue weighted by molar-refractivity contribution is -0.160.